The number of benzene rings is 1. The molecule has 0 saturated carbocycles. The number of hydrogen-bond donors (Lipinski definition) is 1. The lowest BCUT2D eigenvalue weighted by Crippen LogP contribution is -2.11. The van der Waals surface area contributed by atoms with Crippen LogP contribution in [0.5, 0.6) is 0 Å². The number of rotatable bonds is 5. The first-order chi connectivity index (χ1) is 9.81. The fraction of sp³-hybridized carbons (Fsp3) is 0.154. The van der Waals surface area contributed by atoms with E-state index in [2.05, 4.69) is 0 Å². The van der Waals surface area contributed by atoms with Crippen LogP contribution in [-0.4, -0.2) is 25.2 Å². The number of carboxylic acids is 1. The first kappa shape index (κ1) is 16.3. The van der Waals surface area contributed by atoms with E-state index in [1.165, 1.54) is 17.4 Å². The summed E-state index contributed by atoms with van der Waals surface area (Å²) in [7, 11) is -3.72. The maximum atomic E-state index is 12.3. The van der Waals surface area contributed by atoms with Crippen molar-refractivity contribution >= 4 is 50.3 Å². The SMILES string of the molecule is O=C(O)c1cc(Cl)cc(S(=O)(=O)CCc2ccsc2)c1Cl. The molecule has 0 unspecified atom stereocenters. The molecule has 21 heavy (non-hydrogen) atoms. The molecule has 4 nitrogen and oxygen atoms in total. The number of aromatic carboxylic acids is 1. The van der Waals surface area contributed by atoms with Crippen LogP contribution in [0.15, 0.2) is 33.9 Å². The number of thiophene rings is 1. The molecule has 1 aromatic heterocycles. The lowest BCUT2D eigenvalue weighted by molar-refractivity contribution is 0.0697. The minimum absolute atomic E-state index is 0.0194. The predicted octanol–water partition coefficient (Wildman–Crippen LogP) is 3.77. The van der Waals surface area contributed by atoms with Crippen molar-refractivity contribution in [2.75, 3.05) is 5.75 Å². The summed E-state index contributed by atoms with van der Waals surface area (Å²) in [4.78, 5) is 10.8. The third-order valence-electron chi connectivity index (χ3n) is 2.81. The van der Waals surface area contributed by atoms with E-state index >= 15 is 0 Å². The quantitative estimate of drug-likeness (QED) is 0.876. The van der Waals surface area contributed by atoms with Crippen molar-refractivity contribution in [3.63, 3.8) is 0 Å². The molecule has 0 aliphatic carbocycles. The Hall–Kier alpha value is -1.08. The minimum atomic E-state index is -3.72. The lowest BCUT2D eigenvalue weighted by atomic mass is 10.2. The van der Waals surface area contributed by atoms with Crippen LogP contribution in [0, 0.1) is 0 Å². The third kappa shape index (κ3) is 3.77. The van der Waals surface area contributed by atoms with Crippen molar-refractivity contribution < 1.29 is 18.3 Å². The van der Waals surface area contributed by atoms with Gasteiger partial charge < -0.3 is 5.11 Å². The second kappa shape index (κ2) is 6.36. The summed E-state index contributed by atoms with van der Waals surface area (Å²) >= 11 is 13.2. The Balaban J connectivity index is 2.37. The summed E-state index contributed by atoms with van der Waals surface area (Å²) in [6, 6.07) is 4.14. The van der Waals surface area contributed by atoms with E-state index in [0.717, 1.165) is 11.6 Å². The number of carboxylic acid groups (broad SMARTS) is 1. The van der Waals surface area contributed by atoms with E-state index in [1.54, 1.807) is 0 Å². The van der Waals surface area contributed by atoms with Gasteiger partial charge in [0.05, 0.1) is 21.2 Å². The predicted molar refractivity (Wildman–Crippen MR) is 83.5 cm³/mol. The standard InChI is InChI=1S/C13H10Cl2O4S2/c14-9-5-10(13(16)17)12(15)11(6-9)21(18,19)4-2-8-1-3-20-7-8/h1,3,5-7H,2,4H2,(H,16,17). The Morgan fingerprint density at radius 3 is 2.57 bits per heavy atom. The van der Waals surface area contributed by atoms with E-state index < -0.39 is 15.8 Å². The van der Waals surface area contributed by atoms with Crippen LogP contribution >= 0.6 is 34.5 Å². The molecule has 112 valence electrons. The molecule has 1 aromatic carbocycles. The zero-order valence-corrected chi connectivity index (χ0v) is 13.7. The van der Waals surface area contributed by atoms with Crippen molar-refractivity contribution in [3.05, 3.63) is 50.1 Å². The molecular weight excluding hydrogens is 355 g/mol. The van der Waals surface area contributed by atoms with Gasteiger partial charge in [0.25, 0.3) is 0 Å². The monoisotopic (exact) mass is 364 g/mol. The molecule has 1 heterocycles. The van der Waals surface area contributed by atoms with Gasteiger partial charge in [-0.2, -0.15) is 11.3 Å². The van der Waals surface area contributed by atoms with Gasteiger partial charge in [0.15, 0.2) is 9.84 Å². The number of hydrogen-bond acceptors (Lipinski definition) is 4. The van der Waals surface area contributed by atoms with Crippen molar-refractivity contribution in [2.24, 2.45) is 0 Å². The van der Waals surface area contributed by atoms with Crippen LogP contribution in [0.4, 0.5) is 0 Å². The summed E-state index contributed by atoms with van der Waals surface area (Å²) in [5.41, 5.74) is 0.582. The van der Waals surface area contributed by atoms with E-state index in [0.29, 0.717) is 6.42 Å². The van der Waals surface area contributed by atoms with E-state index in [-0.39, 0.29) is 26.3 Å². The van der Waals surface area contributed by atoms with Crippen LogP contribution in [0.25, 0.3) is 0 Å². The summed E-state index contributed by atoms with van der Waals surface area (Å²) in [6.45, 7) is 0. The topological polar surface area (TPSA) is 71.4 Å². The third-order valence-corrected chi connectivity index (χ3v) is 6.01. The Morgan fingerprint density at radius 2 is 2.00 bits per heavy atom. The molecule has 0 atom stereocenters. The average molecular weight is 365 g/mol. The second-order valence-electron chi connectivity index (χ2n) is 4.27. The zero-order chi connectivity index (χ0) is 15.6. The summed E-state index contributed by atoms with van der Waals surface area (Å²) in [5.74, 6) is -1.49. The van der Waals surface area contributed by atoms with E-state index in [1.807, 2.05) is 16.8 Å². The highest BCUT2D eigenvalue weighted by molar-refractivity contribution is 7.91. The van der Waals surface area contributed by atoms with Gasteiger partial charge in [-0.25, -0.2) is 13.2 Å². The Morgan fingerprint density at radius 1 is 1.29 bits per heavy atom. The normalized spacial score (nSPS) is 11.5. The molecule has 0 fully saturated rings. The van der Waals surface area contributed by atoms with Gasteiger partial charge in [-0.3, -0.25) is 0 Å². The highest BCUT2D eigenvalue weighted by atomic mass is 35.5. The minimum Gasteiger partial charge on any atom is -0.478 e. The molecule has 2 aromatic rings. The van der Waals surface area contributed by atoms with Crippen molar-refractivity contribution in [3.8, 4) is 0 Å². The molecule has 0 aliphatic rings. The molecule has 0 bridgehead atoms. The molecular formula is C13H10Cl2O4S2. The summed E-state index contributed by atoms with van der Waals surface area (Å²) in [5, 5.41) is 12.5. The Kier molecular flexibility index (Phi) is 4.93. The molecule has 0 spiro atoms. The van der Waals surface area contributed by atoms with Gasteiger partial charge in [0, 0.05) is 5.02 Å². The van der Waals surface area contributed by atoms with Gasteiger partial charge in [-0.05, 0) is 40.9 Å². The van der Waals surface area contributed by atoms with E-state index in [4.69, 9.17) is 28.3 Å². The van der Waals surface area contributed by atoms with Crippen molar-refractivity contribution in [2.45, 2.75) is 11.3 Å². The van der Waals surface area contributed by atoms with Crippen LogP contribution in [-0.2, 0) is 16.3 Å². The van der Waals surface area contributed by atoms with Crippen LogP contribution in [0.3, 0.4) is 0 Å². The lowest BCUT2D eigenvalue weighted by Gasteiger charge is -2.09. The molecule has 1 N–H and O–H groups in total. The number of sulfone groups is 1. The molecule has 0 amide bonds. The fourth-order valence-electron chi connectivity index (χ4n) is 1.74. The fourth-order valence-corrected chi connectivity index (χ4v) is 4.69. The van der Waals surface area contributed by atoms with Crippen LogP contribution in [0.2, 0.25) is 10.0 Å². The Bertz CT molecular complexity index is 768. The number of aryl methyl sites for hydroxylation is 1. The maximum absolute atomic E-state index is 12.3. The molecule has 0 aliphatic heterocycles. The summed E-state index contributed by atoms with van der Waals surface area (Å²) < 4.78 is 24.7. The second-order valence-corrected chi connectivity index (χ2v) is 7.94. The molecule has 8 heteroatoms. The van der Waals surface area contributed by atoms with Crippen molar-refractivity contribution in [1.82, 2.24) is 0 Å². The Labute approximate surface area is 135 Å². The van der Waals surface area contributed by atoms with Crippen molar-refractivity contribution in [1.29, 1.82) is 0 Å². The smallest absolute Gasteiger partial charge is 0.337 e. The van der Waals surface area contributed by atoms with Crippen LogP contribution < -0.4 is 0 Å². The largest absolute Gasteiger partial charge is 0.478 e. The highest BCUT2D eigenvalue weighted by Gasteiger charge is 2.23. The van der Waals surface area contributed by atoms with Gasteiger partial charge in [0.2, 0.25) is 0 Å². The maximum Gasteiger partial charge on any atom is 0.337 e. The molecule has 0 saturated heterocycles. The molecule has 2 rings (SSSR count). The van der Waals surface area contributed by atoms with Gasteiger partial charge in [-0.15, -0.1) is 0 Å². The van der Waals surface area contributed by atoms with Gasteiger partial charge in [0.1, 0.15) is 0 Å². The summed E-state index contributed by atoms with van der Waals surface area (Å²) in [6.07, 6.45) is 0.330. The number of carbonyl (C=O) groups is 1. The van der Waals surface area contributed by atoms with Gasteiger partial charge in [-0.1, -0.05) is 23.2 Å². The molecule has 0 radical (unpaired) electrons. The first-order valence-electron chi connectivity index (χ1n) is 5.77. The van der Waals surface area contributed by atoms with E-state index in [9.17, 15) is 13.2 Å². The highest BCUT2D eigenvalue weighted by Crippen LogP contribution is 2.30. The average Bonchev–Trinajstić information content (AvgIpc) is 2.91. The van der Waals surface area contributed by atoms with Gasteiger partial charge >= 0.3 is 5.97 Å². The van der Waals surface area contributed by atoms with Crippen LogP contribution in [0.1, 0.15) is 15.9 Å². The first-order valence-corrected chi connectivity index (χ1v) is 9.12. The number of halogens is 2. The zero-order valence-electron chi connectivity index (χ0n) is 10.5.